The monoisotopic (exact) mass is 260 g/mol. The minimum atomic E-state index is -0.318. The number of carbonyl (C=O) groups excluding carboxylic acids is 1. The number of thioether (sulfide) groups is 1. The van der Waals surface area contributed by atoms with Gasteiger partial charge in [-0.3, -0.25) is 0 Å². The molecule has 100 valence electrons. The number of aliphatic hydroxyl groups is 1. The van der Waals surface area contributed by atoms with Crippen molar-refractivity contribution >= 4 is 17.8 Å². The average Bonchev–Trinajstić information content (AvgIpc) is 2.34. The fourth-order valence-corrected chi connectivity index (χ4v) is 2.54. The van der Waals surface area contributed by atoms with E-state index in [1.165, 1.54) is 0 Å². The molecule has 2 atom stereocenters. The molecule has 0 radical (unpaired) electrons. The van der Waals surface area contributed by atoms with Crippen molar-refractivity contribution < 1.29 is 9.90 Å². The first-order chi connectivity index (χ1) is 8.15. The lowest BCUT2D eigenvalue weighted by Crippen LogP contribution is -2.47. The van der Waals surface area contributed by atoms with Gasteiger partial charge in [-0.05, 0) is 38.2 Å². The van der Waals surface area contributed by atoms with Gasteiger partial charge in [-0.2, -0.15) is 11.8 Å². The van der Waals surface area contributed by atoms with Crippen LogP contribution in [0.4, 0.5) is 4.79 Å². The number of urea groups is 1. The molecular formula is C12H24N2O2S. The molecule has 4 nitrogen and oxygen atoms in total. The Morgan fingerprint density at radius 3 is 3.06 bits per heavy atom. The predicted molar refractivity (Wildman–Crippen MR) is 72.4 cm³/mol. The van der Waals surface area contributed by atoms with Crippen LogP contribution in [-0.4, -0.2) is 53.8 Å². The zero-order valence-corrected chi connectivity index (χ0v) is 11.6. The van der Waals surface area contributed by atoms with Gasteiger partial charge in [0.15, 0.2) is 0 Å². The number of aliphatic hydroxyl groups excluding tert-OH is 1. The highest BCUT2D eigenvalue weighted by Gasteiger charge is 2.25. The fraction of sp³-hybridized carbons (Fsp3) is 0.917. The maximum Gasteiger partial charge on any atom is 0.317 e. The molecule has 1 fully saturated rings. The van der Waals surface area contributed by atoms with Gasteiger partial charge < -0.3 is 15.3 Å². The van der Waals surface area contributed by atoms with Crippen molar-refractivity contribution in [1.29, 1.82) is 0 Å². The minimum absolute atomic E-state index is 0.0245. The predicted octanol–water partition coefficient (Wildman–Crippen LogP) is 1.54. The molecule has 1 aliphatic rings. The van der Waals surface area contributed by atoms with Gasteiger partial charge in [0.05, 0.1) is 6.10 Å². The molecular weight excluding hydrogens is 236 g/mol. The van der Waals surface area contributed by atoms with Crippen LogP contribution in [0.2, 0.25) is 0 Å². The zero-order chi connectivity index (χ0) is 12.7. The second-order valence-corrected chi connectivity index (χ2v) is 5.65. The molecule has 0 aromatic rings. The molecule has 0 aromatic carbocycles. The number of likely N-dealkylation sites (tertiary alicyclic amines) is 1. The maximum absolute atomic E-state index is 11.9. The summed E-state index contributed by atoms with van der Waals surface area (Å²) < 4.78 is 0. The van der Waals surface area contributed by atoms with Crippen LogP contribution in [0.25, 0.3) is 0 Å². The summed E-state index contributed by atoms with van der Waals surface area (Å²) in [6, 6.07) is 0.0245. The molecule has 1 aliphatic heterocycles. The summed E-state index contributed by atoms with van der Waals surface area (Å²) in [6.45, 7) is 4.06. The Labute approximate surface area is 108 Å². The van der Waals surface area contributed by atoms with E-state index in [0.29, 0.717) is 6.54 Å². The van der Waals surface area contributed by atoms with Gasteiger partial charge in [0.25, 0.3) is 0 Å². The van der Waals surface area contributed by atoms with Gasteiger partial charge in [0.1, 0.15) is 0 Å². The lowest BCUT2D eigenvalue weighted by atomic mass is 9.94. The Bertz CT molecular complexity index is 237. The van der Waals surface area contributed by atoms with E-state index in [9.17, 15) is 9.90 Å². The summed E-state index contributed by atoms with van der Waals surface area (Å²) in [5.74, 6) is 1.32. The smallest absolute Gasteiger partial charge is 0.317 e. The summed E-state index contributed by atoms with van der Waals surface area (Å²) in [7, 11) is 0. The Morgan fingerprint density at radius 2 is 2.41 bits per heavy atom. The molecule has 17 heavy (non-hydrogen) atoms. The van der Waals surface area contributed by atoms with Crippen molar-refractivity contribution in [2.45, 2.75) is 32.3 Å². The van der Waals surface area contributed by atoms with Crippen molar-refractivity contribution in [3.63, 3.8) is 0 Å². The van der Waals surface area contributed by atoms with E-state index in [0.717, 1.165) is 38.1 Å². The fourth-order valence-electron chi connectivity index (χ4n) is 2.11. The van der Waals surface area contributed by atoms with Crippen LogP contribution in [0.1, 0.15) is 26.2 Å². The van der Waals surface area contributed by atoms with E-state index in [-0.39, 0.29) is 18.1 Å². The molecule has 0 aromatic heterocycles. The molecule has 2 unspecified atom stereocenters. The second kappa shape index (κ2) is 7.82. The van der Waals surface area contributed by atoms with E-state index >= 15 is 0 Å². The average molecular weight is 260 g/mol. The van der Waals surface area contributed by atoms with Gasteiger partial charge in [-0.25, -0.2) is 4.79 Å². The number of piperidine rings is 1. The number of nitrogens with zero attached hydrogens (tertiary/aromatic N) is 1. The maximum atomic E-state index is 11.9. The van der Waals surface area contributed by atoms with Gasteiger partial charge in [0.2, 0.25) is 0 Å². The van der Waals surface area contributed by atoms with Crippen molar-refractivity contribution in [2.24, 2.45) is 5.92 Å². The first kappa shape index (κ1) is 14.6. The van der Waals surface area contributed by atoms with Crippen LogP contribution < -0.4 is 5.32 Å². The molecule has 5 heteroatoms. The number of carbonyl (C=O) groups is 1. The van der Waals surface area contributed by atoms with Crippen molar-refractivity contribution in [2.75, 3.05) is 31.6 Å². The van der Waals surface area contributed by atoms with Crippen molar-refractivity contribution in [3.8, 4) is 0 Å². The first-order valence-corrected chi connectivity index (χ1v) is 7.74. The SMILES string of the molecule is CSCCCNC(=O)N1CCCC(C(C)O)C1. The van der Waals surface area contributed by atoms with Gasteiger partial charge in [0, 0.05) is 25.6 Å². The van der Waals surface area contributed by atoms with Crippen LogP contribution in [0, 0.1) is 5.92 Å². The summed E-state index contributed by atoms with van der Waals surface area (Å²) in [5, 5.41) is 12.5. The third-order valence-electron chi connectivity index (χ3n) is 3.23. The molecule has 0 spiro atoms. The number of hydrogen-bond acceptors (Lipinski definition) is 3. The lowest BCUT2D eigenvalue weighted by molar-refractivity contribution is 0.0740. The van der Waals surface area contributed by atoms with Gasteiger partial charge in [-0.15, -0.1) is 0 Å². The lowest BCUT2D eigenvalue weighted by Gasteiger charge is -2.34. The second-order valence-electron chi connectivity index (χ2n) is 4.67. The van der Waals surface area contributed by atoms with E-state index < -0.39 is 0 Å². The van der Waals surface area contributed by atoms with Crippen molar-refractivity contribution in [1.82, 2.24) is 10.2 Å². The summed E-state index contributed by atoms with van der Waals surface area (Å²) in [5.41, 5.74) is 0. The normalized spacial score (nSPS) is 22.3. The molecule has 0 aliphatic carbocycles. The highest BCUT2D eigenvalue weighted by atomic mass is 32.2. The standard InChI is InChI=1S/C12H24N2O2S/c1-10(15)11-5-3-7-14(9-11)12(16)13-6-4-8-17-2/h10-11,15H,3-9H2,1-2H3,(H,13,16). The van der Waals surface area contributed by atoms with Crippen LogP contribution in [-0.2, 0) is 0 Å². The zero-order valence-electron chi connectivity index (χ0n) is 10.8. The van der Waals surface area contributed by atoms with Gasteiger partial charge in [-0.1, -0.05) is 0 Å². The topological polar surface area (TPSA) is 52.6 Å². The van der Waals surface area contributed by atoms with E-state index in [1.54, 1.807) is 11.8 Å². The summed E-state index contributed by atoms with van der Waals surface area (Å²) >= 11 is 1.80. The molecule has 2 N–H and O–H groups in total. The van der Waals surface area contributed by atoms with E-state index in [4.69, 9.17) is 0 Å². The highest BCUT2D eigenvalue weighted by Crippen LogP contribution is 2.19. The van der Waals surface area contributed by atoms with Crippen LogP contribution in [0.15, 0.2) is 0 Å². The van der Waals surface area contributed by atoms with Crippen LogP contribution in [0.3, 0.4) is 0 Å². The third-order valence-corrected chi connectivity index (χ3v) is 3.93. The molecule has 1 heterocycles. The number of hydrogen-bond donors (Lipinski definition) is 2. The van der Waals surface area contributed by atoms with Crippen LogP contribution in [0.5, 0.6) is 0 Å². The Balaban J connectivity index is 2.26. The molecule has 1 rings (SSSR count). The quantitative estimate of drug-likeness (QED) is 0.737. The first-order valence-electron chi connectivity index (χ1n) is 6.35. The van der Waals surface area contributed by atoms with Crippen molar-refractivity contribution in [3.05, 3.63) is 0 Å². The number of rotatable bonds is 5. The molecule has 1 saturated heterocycles. The largest absolute Gasteiger partial charge is 0.393 e. The van der Waals surface area contributed by atoms with E-state index in [2.05, 4.69) is 11.6 Å². The number of nitrogens with one attached hydrogen (secondary N) is 1. The summed E-state index contributed by atoms with van der Waals surface area (Å²) in [4.78, 5) is 13.7. The highest BCUT2D eigenvalue weighted by molar-refractivity contribution is 7.98. The van der Waals surface area contributed by atoms with E-state index in [1.807, 2.05) is 11.8 Å². The van der Waals surface area contributed by atoms with Gasteiger partial charge >= 0.3 is 6.03 Å². The summed E-state index contributed by atoms with van der Waals surface area (Å²) in [6.07, 6.45) is 4.78. The third kappa shape index (κ3) is 5.17. The Kier molecular flexibility index (Phi) is 6.73. The Morgan fingerprint density at radius 1 is 1.65 bits per heavy atom. The number of amides is 2. The molecule has 0 bridgehead atoms. The van der Waals surface area contributed by atoms with Crippen LogP contribution >= 0.6 is 11.8 Å². The minimum Gasteiger partial charge on any atom is -0.393 e. The molecule has 2 amide bonds. The Hall–Kier alpha value is -0.420. The molecule has 0 saturated carbocycles.